The fourth-order valence-corrected chi connectivity index (χ4v) is 5.74. The number of hydrazone groups is 1. The molecule has 4 aromatic rings. The number of ether oxygens (including phenoxy) is 1. The molecule has 0 aliphatic rings. The Kier molecular flexibility index (Phi) is 9.55. The first kappa shape index (κ1) is 29.6. The van der Waals surface area contributed by atoms with Gasteiger partial charge in [-0.3, -0.25) is 4.79 Å². The van der Waals surface area contributed by atoms with Crippen LogP contribution in [0.15, 0.2) is 87.2 Å². The molecule has 1 aromatic heterocycles. The zero-order valence-corrected chi connectivity index (χ0v) is 24.5. The highest BCUT2D eigenvalue weighted by molar-refractivity contribution is 7.89. The number of sulfonamides is 1. The fraction of sp³-hybridized carbons (Fsp3) is 0.143. The van der Waals surface area contributed by atoms with Crippen molar-refractivity contribution in [3.05, 3.63) is 116 Å². The third-order valence-electron chi connectivity index (χ3n) is 5.80. The Bertz CT molecular complexity index is 1650. The number of nitrogens with one attached hydrogen (secondary N) is 1. The first-order chi connectivity index (χ1) is 19.1. The summed E-state index contributed by atoms with van der Waals surface area (Å²) in [7, 11) is -2.49. The molecule has 1 N–H and O–H groups in total. The van der Waals surface area contributed by atoms with E-state index in [1.54, 1.807) is 66.7 Å². The number of nitrogens with zero attached hydrogens (tertiary/aromatic N) is 2. The van der Waals surface area contributed by atoms with Gasteiger partial charge in [-0.1, -0.05) is 58.6 Å². The molecule has 208 valence electrons. The van der Waals surface area contributed by atoms with Gasteiger partial charge in [-0.05, 0) is 67.1 Å². The molecule has 1 heterocycles. The third-order valence-corrected chi connectivity index (χ3v) is 8.43. The number of hydrogen-bond donors (Lipinski definition) is 1. The average Bonchev–Trinajstić information content (AvgIpc) is 3.37. The first-order valence-corrected chi connectivity index (χ1v) is 14.4. The summed E-state index contributed by atoms with van der Waals surface area (Å²) in [5.41, 5.74) is 4.12. The van der Waals surface area contributed by atoms with E-state index in [9.17, 15) is 13.2 Å². The largest absolute Gasteiger partial charge is 0.496 e. The summed E-state index contributed by atoms with van der Waals surface area (Å²) < 4.78 is 39.5. The second-order valence-electron chi connectivity index (χ2n) is 8.67. The second kappa shape index (κ2) is 12.9. The molecule has 4 rings (SSSR count). The molecule has 40 heavy (non-hydrogen) atoms. The van der Waals surface area contributed by atoms with E-state index < -0.39 is 15.9 Å². The molecule has 0 radical (unpaired) electrons. The van der Waals surface area contributed by atoms with E-state index in [2.05, 4.69) is 10.5 Å². The minimum absolute atomic E-state index is 0.0200. The van der Waals surface area contributed by atoms with Crippen molar-refractivity contribution in [3.63, 3.8) is 0 Å². The monoisotopic (exact) mass is 619 g/mol. The van der Waals surface area contributed by atoms with Gasteiger partial charge in [0.2, 0.25) is 10.0 Å². The molecule has 1 amide bonds. The van der Waals surface area contributed by atoms with Crippen LogP contribution < -0.4 is 10.2 Å². The summed E-state index contributed by atoms with van der Waals surface area (Å²) >= 11 is 18.4. The van der Waals surface area contributed by atoms with Gasteiger partial charge >= 0.3 is 0 Å². The molecule has 0 bridgehead atoms. The lowest BCUT2D eigenvalue weighted by atomic mass is 10.2. The van der Waals surface area contributed by atoms with Gasteiger partial charge in [0.25, 0.3) is 5.91 Å². The van der Waals surface area contributed by atoms with E-state index >= 15 is 0 Å². The summed E-state index contributed by atoms with van der Waals surface area (Å²) in [6.45, 7) is 1.77. The molecule has 3 aromatic carbocycles. The summed E-state index contributed by atoms with van der Waals surface area (Å²) in [5.74, 6) is 0.460. The highest BCUT2D eigenvalue weighted by Crippen LogP contribution is 2.27. The standard InChI is InChI=1S/C28H24Cl3N3O5S/c1-18-3-10-24(11-4-18)40(36,37)34(16-19-5-6-21(30)14-26(19)31)17-23-9-8-22(39-23)15-32-33-28(35)25-13-20(29)7-12-27(25)38-2/h3-15H,16-17H2,1-2H3,(H,33,35)/b32-15-. The molecule has 0 aliphatic carbocycles. The summed E-state index contributed by atoms with van der Waals surface area (Å²) in [5, 5.41) is 5.09. The highest BCUT2D eigenvalue weighted by atomic mass is 35.5. The number of furan rings is 1. The van der Waals surface area contributed by atoms with Crippen LogP contribution in [0.3, 0.4) is 0 Å². The number of rotatable bonds is 10. The molecule has 0 spiro atoms. The molecule has 0 saturated heterocycles. The number of carbonyl (C=O) groups is 1. The van der Waals surface area contributed by atoms with Crippen LogP contribution in [0.2, 0.25) is 15.1 Å². The van der Waals surface area contributed by atoms with Gasteiger partial charge in [0.1, 0.15) is 17.3 Å². The van der Waals surface area contributed by atoms with Gasteiger partial charge in [-0.2, -0.15) is 9.41 Å². The van der Waals surface area contributed by atoms with E-state index in [-0.39, 0.29) is 23.5 Å². The van der Waals surface area contributed by atoms with Crippen molar-refractivity contribution < 1.29 is 22.4 Å². The van der Waals surface area contributed by atoms with Gasteiger partial charge in [-0.15, -0.1) is 0 Å². The minimum atomic E-state index is -3.93. The van der Waals surface area contributed by atoms with Crippen molar-refractivity contribution in [2.75, 3.05) is 7.11 Å². The van der Waals surface area contributed by atoms with Crippen molar-refractivity contribution in [3.8, 4) is 5.75 Å². The van der Waals surface area contributed by atoms with Gasteiger partial charge < -0.3 is 9.15 Å². The Morgan fingerprint density at radius 2 is 1.68 bits per heavy atom. The number of halogens is 3. The lowest BCUT2D eigenvalue weighted by molar-refractivity contribution is 0.0952. The molecule has 0 atom stereocenters. The Labute approximate surface area is 247 Å². The van der Waals surface area contributed by atoms with Gasteiger partial charge in [0.05, 0.1) is 30.3 Å². The van der Waals surface area contributed by atoms with E-state index in [1.807, 2.05) is 6.92 Å². The smallest absolute Gasteiger partial charge is 0.275 e. The molecule has 0 unspecified atom stereocenters. The van der Waals surface area contributed by atoms with Crippen molar-refractivity contribution in [2.24, 2.45) is 5.10 Å². The van der Waals surface area contributed by atoms with Gasteiger partial charge in [-0.25, -0.2) is 13.8 Å². The minimum Gasteiger partial charge on any atom is -0.496 e. The van der Waals surface area contributed by atoms with Crippen molar-refractivity contribution in [2.45, 2.75) is 24.9 Å². The van der Waals surface area contributed by atoms with Crippen LogP contribution in [-0.2, 0) is 23.1 Å². The van der Waals surface area contributed by atoms with E-state index in [0.717, 1.165) is 5.56 Å². The molecule has 0 fully saturated rings. The molecule has 12 heteroatoms. The van der Waals surface area contributed by atoms with Crippen LogP contribution in [0.1, 0.15) is 33.0 Å². The fourth-order valence-electron chi connectivity index (χ4n) is 3.72. The third kappa shape index (κ3) is 7.24. The van der Waals surface area contributed by atoms with Crippen molar-refractivity contribution in [1.29, 1.82) is 0 Å². The van der Waals surface area contributed by atoms with Crippen LogP contribution in [0.4, 0.5) is 0 Å². The number of amides is 1. The lowest BCUT2D eigenvalue weighted by Crippen LogP contribution is -2.30. The number of methoxy groups -OCH3 is 1. The Morgan fingerprint density at radius 3 is 2.38 bits per heavy atom. The quantitative estimate of drug-likeness (QED) is 0.157. The van der Waals surface area contributed by atoms with E-state index in [0.29, 0.717) is 37.9 Å². The lowest BCUT2D eigenvalue weighted by Gasteiger charge is -2.22. The SMILES string of the molecule is COc1ccc(Cl)cc1C(=O)N/N=C\c1ccc(CN(Cc2ccc(Cl)cc2Cl)S(=O)(=O)c2ccc(C)cc2)o1. The molecule has 0 aliphatic heterocycles. The molecular weight excluding hydrogens is 597 g/mol. The van der Waals surface area contributed by atoms with Crippen LogP contribution in [-0.4, -0.2) is 32.0 Å². The second-order valence-corrected chi connectivity index (χ2v) is 11.9. The van der Waals surface area contributed by atoms with Crippen molar-refractivity contribution >= 4 is 56.9 Å². The number of aryl methyl sites for hydroxylation is 1. The Morgan fingerprint density at radius 1 is 0.975 bits per heavy atom. The zero-order valence-electron chi connectivity index (χ0n) is 21.4. The highest BCUT2D eigenvalue weighted by Gasteiger charge is 2.27. The van der Waals surface area contributed by atoms with Gasteiger partial charge in [0.15, 0.2) is 0 Å². The zero-order chi connectivity index (χ0) is 28.9. The maximum atomic E-state index is 13.6. The number of carbonyl (C=O) groups excluding carboxylic acids is 1. The normalized spacial score (nSPS) is 11.8. The Balaban J connectivity index is 1.53. The number of benzene rings is 3. The number of hydrogen-bond acceptors (Lipinski definition) is 6. The van der Waals surface area contributed by atoms with Crippen molar-refractivity contribution in [1.82, 2.24) is 9.73 Å². The van der Waals surface area contributed by atoms with E-state index in [1.165, 1.54) is 23.7 Å². The predicted molar refractivity (Wildman–Crippen MR) is 156 cm³/mol. The molecule has 0 saturated carbocycles. The summed E-state index contributed by atoms with van der Waals surface area (Å²) in [4.78, 5) is 12.7. The molecular formula is C28H24Cl3N3O5S. The Hall–Kier alpha value is -3.34. The van der Waals surface area contributed by atoms with Crippen LogP contribution >= 0.6 is 34.8 Å². The van der Waals surface area contributed by atoms with E-state index in [4.69, 9.17) is 44.0 Å². The van der Waals surface area contributed by atoms with Crippen LogP contribution in [0.5, 0.6) is 5.75 Å². The maximum absolute atomic E-state index is 13.6. The van der Waals surface area contributed by atoms with Crippen LogP contribution in [0, 0.1) is 6.92 Å². The summed E-state index contributed by atoms with van der Waals surface area (Å²) in [6.07, 6.45) is 1.30. The maximum Gasteiger partial charge on any atom is 0.275 e. The van der Waals surface area contributed by atoms with Gasteiger partial charge in [0, 0.05) is 21.6 Å². The molecule has 8 nitrogen and oxygen atoms in total. The average molecular weight is 621 g/mol. The first-order valence-electron chi connectivity index (χ1n) is 11.8. The predicted octanol–water partition coefficient (Wildman–Crippen LogP) is 6.71. The topological polar surface area (TPSA) is 101 Å². The summed E-state index contributed by atoms with van der Waals surface area (Å²) in [6, 6.07) is 19.3. The van der Waals surface area contributed by atoms with Crippen LogP contribution in [0.25, 0.3) is 0 Å².